The van der Waals surface area contributed by atoms with Crippen molar-refractivity contribution in [3.8, 4) is 0 Å². The van der Waals surface area contributed by atoms with Crippen molar-refractivity contribution >= 4 is 11.9 Å². The minimum Gasteiger partial charge on any atom is -0.481 e. The molecule has 0 radical (unpaired) electrons. The quantitative estimate of drug-likeness (QED) is 0.0641. The van der Waals surface area contributed by atoms with Crippen LogP contribution in [0, 0.1) is 22.7 Å². The first-order chi connectivity index (χ1) is 23.1. The van der Waals surface area contributed by atoms with Gasteiger partial charge in [-0.1, -0.05) is 207 Å². The van der Waals surface area contributed by atoms with Crippen molar-refractivity contribution in [3.63, 3.8) is 0 Å². The number of carboxylic acids is 2. The lowest BCUT2D eigenvalue weighted by atomic mass is 9.76. The van der Waals surface area contributed by atoms with E-state index in [2.05, 4.69) is 27.7 Å². The molecule has 0 spiro atoms. The van der Waals surface area contributed by atoms with E-state index in [1.807, 2.05) is 13.8 Å². The maximum absolute atomic E-state index is 12.3. The molecular formula is C44H86O4. The fraction of sp³-hybridized carbons (Fsp3) is 0.955. The third-order valence-electron chi connectivity index (χ3n) is 11.8. The second-order valence-corrected chi connectivity index (χ2v) is 16.6. The van der Waals surface area contributed by atoms with Crippen molar-refractivity contribution in [2.75, 3.05) is 0 Å². The Balaban J connectivity index is 4.48. The van der Waals surface area contributed by atoms with Crippen LogP contribution in [0.2, 0.25) is 0 Å². The smallest absolute Gasteiger partial charge is 0.309 e. The number of carbonyl (C=O) groups is 2. The molecule has 0 saturated heterocycles. The topological polar surface area (TPSA) is 74.6 Å². The highest BCUT2D eigenvalue weighted by molar-refractivity contribution is 5.74. The van der Waals surface area contributed by atoms with Gasteiger partial charge in [0.1, 0.15) is 0 Å². The summed E-state index contributed by atoms with van der Waals surface area (Å²) in [4.78, 5) is 24.6. The number of rotatable bonds is 37. The van der Waals surface area contributed by atoms with Crippen molar-refractivity contribution in [3.05, 3.63) is 0 Å². The van der Waals surface area contributed by atoms with E-state index in [1.165, 1.54) is 141 Å². The van der Waals surface area contributed by atoms with Gasteiger partial charge in [-0.2, -0.15) is 0 Å². The first-order valence-electron chi connectivity index (χ1n) is 21.5. The lowest BCUT2D eigenvalue weighted by Crippen LogP contribution is -2.29. The van der Waals surface area contributed by atoms with E-state index in [4.69, 9.17) is 0 Å². The van der Waals surface area contributed by atoms with Crippen LogP contribution in [-0.4, -0.2) is 22.2 Å². The summed E-state index contributed by atoms with van der Waals surface area (Å²) in [7, 11) is 0. The Labute approximate surface area is 300 Å². The van der Waals surface area contributed by atoms with Gasteiger partial charge >= 0.3 is 11.9 Å². The van der Waals surface area contributed by atoms with E-state index in [0.29, 0.717) is 12.8 Å². The maximum atomic E-state index is 12.3. The lowest BCUT2D eigenvalue weighted by molar-refractivity contribution is -0.150. The van der Waals surface area contributed by atoms with Crippen molar-refractivity contribution in [1.82, 2.24) is 0 Å². The largest absolute Gasteiger partial charge is 0.481 e. The summed E-state index contributed by atoms with van der Waals surface area (Å²) in [6, 6.07) is 0. The van der Waals surface area contributed by atoms with Gasteiger partial charge in [0.25, 0.3) is 0 Å². The molecule has 0 fully saturated rings. The fourth-order valence-corrected chi connectivity index (χ4v) is 7.91. The number of hydrogen-bond donors (Lipinski definition) is 2. The molecule has 0 aromatic carbocycles. The minimum absolute atomic E-state index is 0.645. The predicted molar refractivity (Wildman–Crippen MR) is 209 cm³/mol. The van der Waals surface area contributed by atoms with Crippen LogP contribution in [0.1, 0.15) is 247 Å². The molecule has 0 aromatic heterocycles. The van der Waals surface area contributed by atoms with Gasteiger partial charge < -0.3 is 10.2 Å². The Morgan fingerprint density at radius 1 is 0.375 bits per heavy atom. The van der Waals surface area contributed by atoms with Gasteiger partial charge in [-0.3, -0.25) is 9.59 Å². The Kier molecular flexibility index (Phi) is 30.1. The van der Waals surface area contributed by atoms with Crippen LogP contribution < -0.4 is 0 Å². The number of unbranched alkanes of at least 4 members (excludes halogenated alkanes) is 15. The standard InChI is InChI=1S/C44H86O4/c1-7-11-19-29-39(30-20-12-8-2)33-23-15-17-25-35-43(5,41(45)46)37-27-28-38-44(6,42(47)48)36-26-18-16-24-34-40(31-21-13-9-3)32-22-14-10-4/h39-40H,7-38H2,1-6H3,(H,45,46)(H,47,48). The Morgan fingerprint density at radius 2 is 0.583 bits per heavy atom. The van der Waals surface area contributed by atoms with Crippen LogP contribution >= 0.6 is 0 Å². The highest BCUT2D eigenvalue weighted by Crippen LogP contribution is 2.36. The second-order valence-electron chi connectivity index (χ2n) is 16.6. The Morgan fingerprint density at radius 3 is 0.812 bits per heavy atom. The molecule has 4 nitrogen and oxygen atoms in total. The monoisotopic (exact) mass is 679 g/mol. The van der Waals surface area contributed by atoms with Gasteiger partial charge in [-0.25, -0.2) is 0 Å². The molecule has 286 valence electrons. The van der Waals surface area contributed by atoms with E-state index in [-0.39, 0.29) is 0 Å². The number of hydrogen-bond acceptors (Lipinski definition) is 2. The summed E-state index contributed by atoms with van der Waals surface area (Å²) in [6.07, 6.45) is 37.8. The van der Waals surface area contributed by atoms with Crippen LogP contribution in [0.3, 0.4) is 0 Å². The zero-order chi connectivity index (χ0) is 35.9. The van der Waals surface area contributed by atoms with E-state index >= 15 is 0 Å². The molecule has 0 aliphatic heterocycles. The number of aliphatic carboxylic acids is 2. The maximum Gasteiger partial charge on any atom is 0.309 e. The molecule has 4 heteroatoms. The van der Waals surface area contributed by atoms with Crippen molar-refractivity contribution < 1.29 is 19.8 Å². The Bertz CT molecular complexity index is 668. The predicted octanol–water partition coefficient (Wildman–Crippen LogP) is 15.0. The van der Waals surface area contributed by atoms with Gasteiger partial charge in [-0.05, 0) is 51.4 Å². The summed E-state index contributed by atoms with van der Waals surface area (Å²) < 4.78 is 0. The van der Waals surface area contributed by atoms with Crippen molar-refractivity contribution in [2.45, 2.75) is 247 Å². The van der Waals surface area contributed by atoms with Gasteiger partial charge in [0.15, 0.2) is 0 Å². The van der Waals surface area contributed by atoms with Gasteiger partial charge in [0, 0.05) is 0 Å². The first-order valence-corrected chi connectivity index (χ1v) is 21.5. The molecule has 0 aromatic rings. The zero-order valence-electron chi connectivity index (χ0n) is 33.5. The summed E-state index contributed by atoms with van der Waals surface area (Å²) in [5, 5.41) is 20.2. The molecule has 0 rings (SSSR count). The third kappa shape index (κ3) is 24.2. The van der Waals surface area contributed by atoms with Gasteiger partial charge in [0.2, 0.25) is 0 Å². The molecule has 0 amide bonds. The van der Waals surface area contributed by atoms with Crippen molar-refractivity contribution in [1.29, 1.82) is 0 Å². The Hall–Kier alpha value is -1.06. The first kappa shape index (κ1) is 46.9. The average molecular weight is 679 g/mol. The summed E-state index contributed by atoms with van der Waals surface area (Å²) in [6.45, 7) is 13.0. The molecule has 2 unspecified atom stereocenters. The SMILES string of the molecule is CCCCCC(CCCCC)CCCCCCC(C)(CCCCC(C)(CCCCCCC(CCCCC)CCCCC)C(=O)O)C(=O)O. The van der Waals surface area contributed by atoms with E-state index < -0.39 is 22.8 Å². The molecule has 48 heavy (non-hydrogen) atoms. The van der Waals surface area contributed by atoms with E-state index in [9.17, 15) is 19.8 Å². The molecule has 0 saturated carbocycles. The minimum atomic E-state index is -0.701. The second kappa shape index (κ2) is 30.7. The van der Waals surface area contributed by atoms with Crippen molar-refractivity contribution in [2.24, 2.45) is 22.7 Å². The molecular weight excluding hydrogens is 592 g/mol. The van der Waals surface area contributed by atoms with Crippen LogP contribution in [0.25, 0.3) is 0 Å². The summed E-state index contributed by atoms with van der Waals surface area (Å²) >= 11 is 0. The van der Waals surface area contributed by atoms with Crippen LogP contribution in [0.15, 0.2) is 0 Å². The molecule has 2 N–H and O–H groups in total. The van der Waals surface area contributed by atoms with E-state index in [1.54, 1.807) is 0 Å². The summed E-state index contributed by atoms with van der Waals surface area (Å²) in [5.74, 6) is 0.380. The normalized spacial score (nSPS) is 14.4. The number of carboxylic acid groups (broad SMARTS) is 2. The third-order valence-corrected chi connectivity index (χ3v) is 11.8. The molecule has 0 bridgehead atoms. The van der Waals surface area contributed by atoms with Crippen LogP contribution in [0.5, 0.6) is 0 Å². The van der Waals surface area contributed by atoms with Crippen LogP contribution in [-0.2, 0) is 9.59 Å². The fourth-order valence-electron chi connectivity index (χ4n) is 7.91. The van der Waals surface area contributed by atoms with Gasteiger partial charge in [-0.15, -0.1) is 0 Å². The lowest BCUT2D eigenvalue weighted by Gasteiger charge is -2.27. The molecule has 0 aliphatic rings. The van der Waals surface area contributed by atoms with Crippen LogP contribution in [0.4, 0.5) is 0 Å². The highest BCUT2D eigenvalue weighted by Gasteiger charge is 2.34. The highest BCUT2D eigenvalue weighted by atomic mass is 16.4. The average Bonchev–Trinajstić information content (AvgIpc) is 3.06. The molecule has 0 aliphatic carbocycles. The molecule has 2 atom stereocenters. The molecule has 0 heterocycles. The van der Waals surface area contributed by atoms with E-state index in [0.717, 1.165) is 63.2 Å². The zero-order valence-corrected chi connectivity index (χ0v) is 33.5. The summed E-state index contributed by atoms with van der Waals surface area (Å²) in [5.41, 5.74) is -1.40. The van der Waals surface area contributed by atoms with Gasteiger partial charge in [0.05, 0.1) is 10.8 Å².